The molecule has 0 unspecified atom stereocenters. The van der Waals surface area contributed by atoms with Gasteiger partial charge in [0.2, 0.25) is 0 Å². The number of sulfone groups is 1. The van der Waals surface area contributed by atoms with Crippen LogP contribution in [0.15, 0.2) is 53.7 Å². The molecule has 1 fully saturated rings. The van der Waals surface area contributed by atoms with Gasteiger partial charge in [-0.05, 0) is 67.0 Å². The van der Waals surface area contributed by atoms with Crippen LogP contribution in [0, 0.1) is 11.8 Å². The Morgan fingerprint density at radius 1 is 1.00 bits per heavy atom. The summed E-state index contributed by atoms with van der Waals surface area (Å²) in [6.45, 7) is -2.77. The molecule has 1 heterocycles. The first-order valence-electron chi connectivity index (χ1n) is 14.6. The number of benzene rings is 2. The van der Waals surface area contributed by atoms with Gasteiger partial charge in [-0.15, -0.1) is 0 Å². The summed E-state index contributed by atoms with van der Waals surface area (Å²) in [6.07, 6.45) is 5.96. The SMILES string of the molecule is COc1ccc(S(=O)(=O)C[C@H](CCSC)C(=O)O[C@@H](Cc2c(Cl)c[nH+]cc2Cl)c2ccc(OC(F)F)c(OCC3CC3)c2)cc1OC.[OH-]. The lowest BCUT2D eigenvalue weighted by atomic mass is 10.0. The molecule has 3 aromatic rings. The molecule has 1 aliphatic carbocycles. The van der Waals surface area contributed by atoms with E-state index in [1.165, 1.54) is 74.8 Å². The van der Waals surface area contributed by atoms with E-state index in [1.807, 2.05) is 6.26 Å². The van der Waals surface area contributed by atoms with Gasteiger partial charge in [0.05, 0.1) is 37.4 Å². The number of hydrogen-bond donors (Lipinski definition) is 0. The first kappa shape index (κ1) is 39.4. The third-order valence-electron chi connectivity index (χ3n) is 7.51. The van der Waals surface area contributed by atoms with Gasteiger partial charge in [0.1, 0.15) is 16.1 Å². The fourth-order valence-electron chi connectivity index (χ4n) is 4.74. The van der Waals surface area contributed by atoms with Crippen LogP contribution in [0.5, 0.6) is 23.0 Å². The molecule has 1 aliphatic rings. The standard InChI is InChI=1S/C32H35Cl2F2NO8S2.H2O/c1-41-26-9-7-22(13-29(26)42-2)47(39,40)18-21(10-11-46-3)31(38)44-28(14-23-24(33)15-37-16-25(23)34)20-6-8-27(45-32(35)36)30(12-20)43-17-19-4-5-19;/h6-9,12-13,15-16,19,21,28,32H,4-5,10-11,14,17-18H2,1-3H3;1H2/t21-,28-;/m0./s1. The number of pyridine rings is 1. The van der Waals surface area contributed by atoms with Gasteiger partial charge < -0.3 is 29.2 Å². The highest BCUT2D eigenvalue weighted by molar-refractivity contribution is 7.98. The maximum atomic E-state index is 13.9. The zero-order valence-corrected chi connectivity index (χ0v) is 29.6. The molecule has 0 radical (unpaired) electrons. The van der Waals surface area contributed by atoms with Gasteiger partial charge >= 0.3 is 12.6 Å². The van der Waals surface area contributed by atoms with Gasteiger partial charge in [0.25, 0.3) is 0 Å². The van der Waals surface area contributed by atoms with Crippen molar-refractivity contribution in [1.82, 2.24) is 0 Å². The van der Waals surface area contributed by atoms with Crippen molar-refractivity contribution in [2.75, 3.05) is 38.6 Å². The summed E-state index contributed by atoms with van der Waals surface area (Å²) < 4.78 is 80.6. The Hall–Kier alpha value is -3.04. The number of alkyl halides is 2. The summed E-state index contributed by atoms with van der Waals surface area (Å²) in [5.74, 6) is -1.08. The number of rotatable bonds is 18. The van der Waals surface area contributed by atoms with E-state index in [1.54, 1.807) is 0 Å². The van der Waals surface area contributed by atoms with Crippen molar-refractivity contribution in [1.29, 1.82) is 0 Å². The van der Waals surface area contributed by atoms with Crippen LogP contribution in [0.1, 0.15) is 36.5 Å². The predicted octanol–water partition coefficient (Wildman–Crippen LogP) is 6.71. The van der Waals surface area contributed by atoms with Crippen LogP contribution >= 0.6 is 35.0 Å². The molecule has 2 N–H and O–H groups in total. The summed E-state index contributed by atoms with van der Waals surface area (Å²) in [4.78, 5) is 16.7. The molecule has 4 rings (SSSR count). The highest BCUT2D eigenvalue weighted by Gasteiger charge is 2.32. The third-order valence-corrected chi connectivity index (χ3v) is 10.6. The van der Waals surface area contributed by atoms with E-state index in [0.717, 1.165) is 12.8 Å². The fraction of sp³-hybridized carbons (Fsp3) is 0.438. The quantitative estimate of drug-likeness (QED) is 0.129. The van der Waals surface area contributed by atoms with Crippen molar-refractivity contribution in [3.05, 3.63) is 70.0 Å². The molecule has 264 valence electrons. The van der Waals surface area contributed by atoms with E-state index in [-0.39, 0.29) is 50.5 Å². The number of thioether (sulfide) groups is 1. The van der Waals surface area contributed by atoms with Gasteiger partial charge in [-0.1, -0.05) is 29.3 Å². The maximum absolute atomic E-state index is 13.9. The Morgan fingerprint density at radius 2 is 1.67 bits per heavy atom. The number of esters is 1. The number of carbonyl (C=O) groups excluding carboxylic acids is 1. The minimum atomic E-state index is -4.00. The predicted molar refractivity (Wildman–Crippen MR) is 177 cm³/mol. The van der Waals surface area contributed by atoms with Gasteiger partial charge in [0, 0.05) is 18.1 Å². The molecule has 0 spiro atoms. The minimum absolute atomic E-state index is 0. The maximum Gasteiger partial charge on any atom is 0.387 e. The summed E-state index contributed by atoms with van der Waals surface area (Å²) in [5.41, 5.74) is 0.842. The van der Waals surface area contributed by atoms with E-state index in [0.29, 0.717) is 35.2 Å². The smallest absolute Gasteiger partial charge is 0.387 e. The first-order chi connectivity index (χ1) is 22.4. The molecular formula is C32H37Cl2F2NO9S2. The van der Waals surface area contributed by atoms with E-state index in [4.69, 9.17) is 42.1 Å². The number of aromatic amines is 1. The zero-order chi connectivity index (χ0) is 34.1. The van der Waals surface area contributed by atoms with Crippen molar-refractivity contribution in [3.63, 3.8) is 0 Å². The minimum Gasteiger partial charge on any atom is -0.870 e. The van der Waals surface area contributed by atoms with E-state index in [9.17, 15) is 22.0 Å². The topological polar surface area (TPSA) is 142 Å². The normalized spacial score (nSPS) is 14.1. The second-order valence-electron chi connectivity index (χ2n) is 10.9. The second-order valence-corrected chi connectivity index (χ2v) is 14.7. The molecule has 2 atom stereocenters. The Bertz CT molecular complexity index is 1630. The Morgan fingerprint density at radius 3 is 2.27 bits per heavy atom. The van der Waals surface area contributed by atoms with E-state index >= 15 is 0 Å². The number of aromatic nitrogens is 1. The van der Waals surface area contributed by atoms with Crippen LogP contribution < -0.4 is 23.9 Å². The molecule has 1 saturated carbocycles. The van der Waals surface area contributed by atoms with E-state index in [2.05, 4.69) is 9.72 Å². The van der Waals surface area contributed by atoms with Crippen molar-refractivity contribution >= 4 is 50.8 Å². The van der Waals surface area contributed by atoms with Crippen LogP contribution in [0.2, 0.25) is 10.0 Å². The molecule has 48 heavy (non-hydrogen) atoms. The van der Waals surface area contributed by atoms with Gasteiger partial charge in [-0.2, -0.15) is 20.5 Å². The van der Waals surface area contributed by atoms with Crippen molar-refractivity contribution in [2.45, 2.75) is 43.3 Å². The van der Waals surface area contributed by atoms with Gasteiger partial charge in [0.15, 0.2) is 45.2 Å². The molecule has 0 saturated heterocycles. The number of carbonyl (C=O) groups is 1. The largest absolute Gasteiger partial charge is 0.870 e. The number of hydrogen-bond acceptors (Lipinski definition) is 10. The van der Waals surface area contributed by atoms with Crippen molar-refractivity contribution in [2.24, 2.45) is 11.8 Å². The Balaban J connectivity index is 0.00000625. The Labute approximate surface area is 292 Å². The number of ether oxygens (including phenoxy) is 5. The molecule has 0 bridgehead atoms. The third kappa shape index (κ3) is 10.7. The number of H-pyrrole nitrogens is 1. The van der Waals surface area contributed by atoms with Crippen LogP contribution in [-0.4, -0.2) is 65.1 Å². The monoisotopic (exact) mass is 751 g/mol. The fourth-order valence-corrected chi connectivity index (χ4v) is 7.38. The van der Waals surface area contributed by atoms with E-state index < -0.39 is 40.2 Å². The summed E-state index contributed by atoms with van der Waals surface area (Å²) in [5, 5.41) is 0.549. The Kier molecular flexibility index (Phi) is 14.9. The average molecular weight is 753 g/mol. The van der Waals surface area contributed by atoms with Crippen LogP contribution in [0.4, 0.5) is 8.78 Å². The zero-order valence-electron chi connectivity index (χ0n) is 26.4. The number of nitrogens with one attached hydrogen (secondary N) is 1. The summed E-state index contributed by atoms with van der Waals surface area (Å²) >= 11 is 14.4. The van der Waals surface area contributed by atoms with Crippen molar-refractivity contribution in [3.8, 4) is 23.0 Å². The van der Waals surface area contributed by atoms with Gasteiger partial charge in [-0.3, -0.25) is 4.79 Å². The number of methoxy groups -OCH3 is 2. The molecule has 0 amide bonds. The first-order valence-corrected chi connectivity index (χ1v) is 18.5. The average Bonchev–Trinajstić information content (AvgIpc) is 3.87. The molecule has 1 aromatic heterocycles. The molecule has 0 aliphatic heterocycles. The molecule has 10 nitrogen and oxygen atoms in total. The van der Waals surface area contributed by atoms with Gasteiger partial charge in [-0.25, -0.2) is 13.4 Å². The van der Waals surface area contributed by atoms with Crippen LogP contribution in [-0.2, 0) is 25.8 Å². The highest BCUT2D eigenvalue weighted by Crippen LogP contribution is 2.38. The highest BCUT2D eigenvalue weighted by atomic mass is 35.5. The van der Waals surface area contributed by atoms with Crippen LogP contribution in [0.3, 0.4) is 0 Å². The lowest BCUT2D eigenvalue weighted by Crippen LogP contribution is -2.28. The lowest BCUT2D eigenvalue weighted by molar-refractivity contribution is -0.377. The number of halogens is 4. The summed E-state index contributed by atoms with van der Waals surface area (Å²) in [6, 6.07) is 8.49. The van der Waals surface area contributed by atoms with Crippen LogP contribution in [0.25, 0.3) is 0 Å². The van der Waals surface area contributed by atoms with Crippen molar-refractivity contribution < 1.29 is 56.1 Å². The molecule has 2 aromatic carbocycles. The molecular weight excluding hydrogens is 715 g/mol. The molecule has 16 heteroatoms. The second kappa shape index (κ2) is 18.1. The lowest BCUT2D eigenvalue weighted by Gasteiger charge is -2.24. The summed E-state index contributed by atoms with van der Waals surface area (Å²) in [7, 11) is -1.17.